The molecule has 26 heavy (non-hydrogen) atoms. The molecule has 0 bridgehead atoms. The lowest BCUT2D eigenvalue weighted by Crippen LogP contribution is -2.26. The molecule has 0 unspecified atom stereocenters. The maximum absolute atomic E-state index is 12.5. The second-order valence-electron chi connectivity index (χ2n) is 6.22. The van der Waals surface area contributed by atoms with E-state index < -0.39 is 10.0 Å². The second-order valence-corrected chi connectivity index (χ2v) is 8.95. The van der Waals surface area contributed by atoms with Crippen molar-refractivity contribution in [3.63, 3.8) is 0 Å². The lowest BCUT2D eigenvalue weighted by atomic mass is 10.0. The highest BCUT2D eigenvalue weighted by atomic mass is 32.2. The molecule has 6 nitrogen and oxygen atoms in total. The van der Waals surface area contributed by atoms with E-state index in [1.807, 2.05) is 36.6 Å². The first-order valence-corrected chi connectivity index (χ1v) is 11.2. The summed E-state index contributed by atoms with van der Waals surface area (Å²) in [5.74, 6) is 0.0243. The Morgan fingerprint density at radius 2 is 2.04 bits per heavy atom. The van der Waals surface area contributed by atoms with Crippen molar-refractivity contribution in [3.05, 3.63) is 52.2 Å². The molecule has 1 aromatic carbocycles. The van der Waals surface area contributed by atoms with Gasteiger partial charge in [0.05, 0.1) is 18.0 Å². The molecule has 0 fully saturated rings. The molecule has 1 aromatic heterocycles. The van der Waals surface area contributed by atoms with Gasteiger partial charge in [0.15, 0.2) is 0 Å². The van der Waals surface area contributed by atoms with Gasteiger partial charge in [0.1, 0.15) is 0 Å². The quantitative estimate of drug-likeness (QED) is 0.817. The number of nitrogens with one attached hydrogen (secondary N) is 1. The smallest absolute Gasteiger partial charge is 0.243 e. The maximum Gasteiger partial charge on any atom is 0.243 e. The molecule has 138 valence electrons. The van der Waals surface area contributed by atoms with Gasteiger partial charge in [-0.25, -0.2) is 13.4 Å². The number of thiophene rings is 1. The van der Waals surface area contributed by atoms with Gasteiger partial charge in [-0.15, -0.1) is 11.3 Å². The van der Waals surface area contributed by atoms with Crippen molar-refractivity contribution in [3.8, 4) is 0 Å². The minimum absolute atomic E-state index is 0.0243. The minimum atomic E-state index is -3.31. The Balaban J connectivity index is 1.85. The number of sulfonamides is 1. The first-order chi connectivity index (χ1) is 12.4. The molecule has 0 saturated heterocycles. The molecular weight excluding hydrogens is 370 g/mol. The fourth-order valence-corrected chi connectivity index (χ4v) is 4.27. The molecule has 0 aliphatic carbocycles. The van der Waals surface area contributed by atoms with Gasteiger partial charge in [0.25, 0.3) is 0 Å². The summed E-state index contributed by atoms with van der Waals surface area (Å²) >= 11 is 1.62. The lowest BCUT2D eigenvalue weighted by Gasteiger charge is -2.20. The minimum Gasteiger partial charge on any atom is -0.284 e. The van der Waals surface area contributed by atoms with Gasteiger partial charge in [-0.3, -0.25) is 9.52 Å². The highest BCUT2D eigenvalue weighted by molar-refractivity contribution is 7.92. The predicted molar refractivity (Wildman–Crippen MR) is 105 cm³/mol. The van der Waals surface area contributed by atoms with Gasteiger partial charge in [0, 0.05) is 23.4 Å². The monoisotopic (exact) mass is 391 g/mol. The van der Waals surface area contributed by atoms with Gasteiger partial charge in [0.2, 0.25) is 15.9 Å². The first-order valence-electron chi connectivity index (χ1n) is 8.38. The summed E-state index contributed by atoms with van der Waals surface area (Å²) in [7, 11) is -3.31. The number of hydrogen-bond acceptors (Lipinski definition) is 5. The number of anilines is 1. The van der Waals surface area contributed by atoms with Crippen LogP contribution in [-0.2, 0) is 14.8 Å². The van der Waals surface area contributed by atoms with E-state index in [1.54, 1.807) is 28.5 Å². The summed E-state index contributed by atoms with van der Waals surface area (Å²) in [6, 6.07) is 11.0. The highest BCUT2D eigenvalue weighted by Gasteiger charge is 2.33. The highest BCUT2D eigenvalue weighted by Crippen LogP contribution is 2.35. The summed E-state index contributed by atoms with van der Waals surface area (Å²) in [5.41, 5.74) is 2.22. The molecule has 2 aromatic rings. The lowest BCUT2D eigenvalue weighted by molar-refractivity contribution is -0.132. The fraction of sp³-hybridized carbons (Fsp3) is 0.333. The Labute approximate surface area is 157 Å². The Bertz CT molecular complexity index is 904. The van der Waals surface area contributed by atoms with Crippen molar-refractivity contribution >= 4 is 38.7 Å². The fourth-order valence-electron chi connectivity index (χ4n) is 2.89. The van der Waals surface area contributed by atoms with Crippen LogP contribution in [0.15, 0.2) is 46.9 Å². The van der Waals surface area contributed by atoms with E-state index in [2.05, 4.69) is 9.82 Å². The molecular formula is C18H21N3O3S2. The topological polar surface area (TPSA) is 78.8 Å². The molecule has 0 radical (unpaired) electrons. The molecule has 8 heteroatoms. The van der Waals surface area contributed by atoms with Gasteiger partial charge >= 0.3 is 0 Å². The van der Waals surface area contributed by atoms with Crippen LogP contribution in [0.1, 0.15) is 42.7 Å². The van der Waals surface area contributed by atoms with Crippen LogP contribution in [0.3, 0.4) is 0 Å². The molecule has 2 heterocycles. The van der Waals surface area contributed by atoms with Crippen molar-refractivity contribution in [2.75, 3.05) is 11.0 Å². The van der Waals surface area contributed by atoms with Crippen LogP contribution in [0.4, 0.5) is 5.69 Å². The number of carbonyl (C=O) groups excluding carboxylic acids is 1. The SMILES string of the molecule is CCCC(=O)N1N=C(c2ccc(NS(C)(=O)=O)cc2)C[C@@H]1c1cccs1. The van der Waals surface area contributed by atoms with Crippen molar-refractivity contribution in [2.24, 2.45) is 5.10 Å². The van der Waals surface area contributed by atoms with Crippen LogP contribution >= 0.6 is 11.3 Å². The van der Waals surface area contributed by atoms with E-state index in [9.17, 15) is 13.2 Å². The molecule has 1 aliphatic rings. The van der Waals surface area contributed by atoms with E-state index in [0.29, 0.717) is 18.5 Å². The zero-order valence-electron chi connectivity index (χ0n) is 14.7. The van der Waals surface area contributed by atoms with Crippen molar-refractivity contribution in [1.82, 2.24) is 5.01 Å². The van der Waals surface area contributed by atoms with Gasteiger partial charge in [-0.05, 0) is 35.6 Å². The molecule has 1 N–H and O–H groups in total. The van der Waals surface area contributed by atoms with Crippen LogP contribution in [0, 0.1) is 0 Å². The molecule has 1 aliphatic heterocycles. The van der Waals surface area contributed by atoms with Crippen LogP contribution < -0.4 is 4.72 Å². The maximum atomic E-state index is 12.5. The summed E-state index contributed by atoms with van der Waals surface area (Å²) < 4.78 is 25.1. The van der Waals surface area contributed by atoms with Crippen LogP contribution in [0.2, 0.25) is 0 Å². The summed E-state index contributed by atoms with van der Waals surface area (Å²) in [5, 5.41) is 8.19. The first kappa shape index (κ1) is 18.6. The predicted octanol–water partition coefficient (Wildman–Crippen LogP) is 3.60. The average Bonchev–Trinajstić information content (AvgIpc) is 3.23. The zero-order valence-corrected chi connectivity index (χ0v) is 16.3. The van der Waals surface area contributed by atoms with Gasteiger partial charge < -0.3 is 0 Å². The average molecular weight is 392 g/mol. The molecule has 0 spiro atoms. The Morgan fingerprint density at radius 3 is 2.62 bits per heavy atom. The van der Waals surface area contributed by atoms with Crippen molar-refractivity contribution in [1.29, 1.82) is 0 Å². The number of benzene rings is 1. The van der Waals surface area contributed by atoms with Gasteiger partial charge in [-0.2, -0.15) is 5.10 Å². The Kier molecular flexibility index (Phi) is 5.43. The van der Waals surface area contributed by atoms with Gasteiger partial charge in [-0.1, -0.05) is 25.1 Å². The largest absolute Gasteiger partial charge is 0.284 e. The van der Waals surface area contributed by atoms with Crippen molar-refractivity contribution in [2.45, 2.75) is 32.2 Å². The molecule has 1 amide bonds. The van der Waals surface area contributed by atoms with E-state index in [0.717, 1.165) is 28.8 Å². The second kappa shape index (κ2) is 7.59. The summed E-state index contributed by atoms with van der Waals surface area (Å²) in [6.07, 6.45) is 3.01. The van der Waals surface area contributed by atoms with Crippen LogP contribution in [0.25, 0.3) is 0 Å². The summed E-state index contributed by atoms with van der Waals surface area (Å²) in [4.78, 5) is 13.6. The van der Waals surface area contributed by atoms with E-state index >= 15 is 0 Å². The Morgan fingerprint density at radius 1 is 1.31 bits per heavy atom. The molecule has 0 saturated carbocycles. The Hall–Kier alpha value is -2.19. The normalized spacial score (nSPS) is 17.2. The number of rotatable bonds is 6. The van der Waals surface area contributed by atoms with Crippen molar-refractivity contribution < 1.29 is 13.2 Å². The number of carbonyl (C=O) groups is 1. The van der Waals surface area contributed by atoms with Crippen LogP contribution in [-0.4, -0.2) is 31.3 Å². The number of nitrogens with zero attached hydrogens (tertiary/aromatic N) is 2. The zero-order chi connectivity index (χ0) is 18.7. The third-order valence-corrected chi connectivity index (χ3v) is 5.60. The molecule has 1 atom stereocenters. The molecule has 3 rings (SSSR count). The van der Waals surface area contributed by atoms with E-state index in [1.165, 1.54) is 0 Å². The number of amides is 1. The third kappa shape index (κ3) is 4.31. The number of hydrazone groups is 1. The van der Waals surface area contributed by atoms with Crippen LogP contribution in [0.5, 0.6) is 0 Å². The summed E-state index contributed by atoms with van der Waals surface area (Å²) in [6.45, 7) is 1.98. The third-order valence-electron chi connectivity index (χ3n) is 4.02. The van der Waals surface area contributed by atoms with E-state index in [-0.39, 0.29) is 11.9 Å². The number of hydrogen-bond donors (Lipinski definition) is 1. The standard InChI is InChI=1S/C18H21N3O3S2/c1-3-5-18(22)21-16(17-6-4-11-25-17)12-15(19-21)13-7-9-14(10-8-13)20-26(2,23)24/h4,6-11,16,20H,3,5,12H2,1-2H3/t16-/m1/s1. The van der Waals surface area contributed by atoms with E-state index in [4.69, 9.17) is 0 Å².